The van der Waals surface area contributed by atoms with Crippen LogP contribution in [-0.4, -0.2) is 23.4 Å². The normalized spacial score (nSPS) is 23.0. The molecule has 2 fully saturated rings. The molecule has 1 saturated heterocycles. The molecule has 1 aliphatic heterocycles. The van der Waals surface area contributed by atoms with Gasteiger partial charge in [-0.15, -0.1) is 0 Å². The van der Waals surface area contributed by atoms with E-state index < -0.39 is 0 Å². The van der Waals surface area contributed by atoms with E-state index in [0.29, 0.717) is 33.3 Å². The van der Waals surface area contributed by atoms with Crippen molar-refractivity contribution >= 4 is 34.8 Å². The van der Waals surface area contributed by atoms with E-state index >= 15 is 0 Å². The Bertz CT molecular complexity index is 532. The van der Waals surface area contributed by atoms with Crippen LogP contribution >= 0.6 is 23.2 Å². The lowest BCUT2D eigenvalue weighted by molar-refractivity contribution is 0.0689. The summed E-state index contributed by atoms with van der Waals surface area (Å²) in [6.07, 6.45) is 7.29. The second kappa shape index (κ2) is 6.05. The first-order valence-corrected chi connectivity index (χ1v) is 8.39. The van der Waals surface area contributed by atoms with Gasteiger partial charge in [-0.2, -0.15) is 0 Å². The first kappa shape index (κ1) is 15.0. The van der Waals surface area contributed by atoms with E-state index in [9.17, 15) is 4.79 Å². The van der Waals surface area contributed by atoms with Gasteiger partial charge < -0.3 is 10.6 Å². The van der Waals surface area contributed by atoms with E-state index in [0.717, 1.165) is 19.4 Å². The minimum atomic E-state index is 0.0354. The van der Waals surface area contributed by atoms with Gasteiger partial charge in [0.25, 0.3) is 5.91 Å². The number of halogens is 2. The Kier molecular flexibility index (Phi) is 4.32. The van der Waals surface area contributed by atoms with E-state index in [-0.39, 0.29) is 5.91 Å². The number of nitrogen functional groups attached to an aromatic ring is 1. The van der Waals surface area contributed by atoms with E-state index in [1.165, 1.54) is 25.7 Å². The largest absolute Gasteiger partial charge is 0.396 e. The number of hydrogen-bond acceptors (Lipinski definition) is 2. The molecule has 21 heavy (non-hydrogen) atoms. The molecule has 1 aromatic carbocycles. The van der Waals surface area contributed by atoms with Gasteiger partial charge in [0.2, 0.25) is 0 Å². The van der Waals surface area contributed by atoms with Crippen molar-refractivity contribution in [1.82, 2.24) is 4.90 Å². The molecule has 3 rings (SSSR count). The van der Waals surface area contributed by atoms with Gasteiger partial charge in [0, 0.05) is 18.2 Å². The van der Waals surface area contributed by atoms with Crippen LogP contribution in [0.3, 0.4) is 0 Å². The molecule has 1 amide bonds. The SMILES string of the molecule is Nc1c(Cl)cc(C(=O)N2CCCC2C2CCCC2)cc1Cl. The minimum absolute atomic E-state index is 0.0354. The fraction of sp³-hybridized carbons (Fsp3) is 0.562. The highest BCUT2D eigenvalue weighted by Gasteiger charge is 2.36. The number of anilines is 1. The summed E-state index contributed by atoms with van der Waals surface area (Å²) in [4.78, 5) is 14.8. The van der Waals surface area contributed by atoms with Crippen LogP contribution in [-0.2, 0) is 0 Å². The van der Waals surface area contributed by atoms with Crippen molar-refractivity contribution in [2.75, 3.05) is 12.3 Å². The third-order valence-corrected chi connectivity index (χ3v) is 5.46. The molecule has 1 atom stereocenters. The van der Waals surface area contributed by atoms with Crippen LogP contribution in [0.5, 0.6) is 0 Å². The van der Waals surface area contributed by atoms with Gasteiger partial charge in [-0.3, -0.25) is 4.79 Å². The van der Waals surface area contributed by atoms with Gasteiger partial charge in [0.1, 0.15) is 0 Å². The average Bonchev–Trinajstić information content (AvgIpc) is 3.13. The number of carbonyl (C=O) groups is 1. The Labute approximate surface area is 135 Å². The minimum Gasteiger partial charge on any atom is -0.396 e. The molecule has 0 aromatic heterocycles. The monoisotopic (exact) mass is 326 g/mol. The van der Waals surface area contributed by atoms with Crippen molar-refractivity contribution in [3.63, 3.8) is 0 Å². The van der Waals surface area contributed by atoms with Gasteiger partial charge in [0.05, 0.1) is 15.7 Å². The lowest BCUT2D eigenvalue weighted by Crippen LogP contribution is -2.39. The van der Waals surface area contributed by atoms with Crippen LogP contribution in [0.25, 0.3) is 0 Å². The molecule has 0 spiro atoms. The van der Waals surface area contributed by atoms with Gasteiger partial charge >= 0.3 is 0 Å². The van der Waals surface area contributed by atoms with E-state index in [2.05, 4.69) is 0 Å². The third kappa shape index (κ3) is 2.86. The highest BCUT2D eigenvalue weighted by atomic mass is 35.5. The second-order valence-electron chi connectivity index (χ2n) is 6.11. The molecule has 114 valence electrons. The summed E-state index contributed by atoms with van der Waals surface area (Å²) >= 11 is 12.1. The van der Waals surface area contributed by atoms with Crippen molar-refractivity contribution in [3.8, 4) is 0 Å². The Morgan fingerprint density at radius 2 is 1.71 bits per heavy atom. The predicted molar refractivity (Wildman–Crippen MR) is 86.9 cm³/mol. The number of nitrogens with zero attached hydrogens (tertiary/aromatic N) is 1. The first-order valence-electron chi connectivity index (χ1n) is 7.63. The molecule has 2 N–H and O–H groups in total. The number of hydrogen-bond donors (Lipinski definition) is 1. The summed E-state index contributed by atoms with van der Waals surface area (Å²) in [5.74, 6) is 0.698. The van der Waals surface area contributed by atoms with Gasteiger partial charge in [-0.05, 0) is 43.7 Å². The van der Waals surface area contributed by atoms with E-state index in [1.54, 1.807) is 12.1 Å². The van der Waals surface area contributed by atoms with Gasteiger partial charge in [0.15, 0.2) is 0 Å². The molecule has 2 aliphatic rings. The predicted octanol–water partition coefficient (Wildman–Crippen LogP) is 4.37. The maximum atomic E-state index is 12.8. The molecule has 1 aliphatic carbocycles. The summed E-state index contributed by atoms with van der Waals surface area (Å²) in [6, 6.07) is 3.65. The van der Waals surface area contributed by atoms with Crippen LogP contribution < -0.4 is 5.73 Å². The summed E-state index contributed by atoms with van der Waals surface area (Å²) in [5, 5.41) is 0.699. The number of likely N-dealkylation sites (tertiary alicyclic amines) is 1. The van der Waals surface area contributed by atoms with Crippen molar-refractivity contribution in [2.45, 2.75) is 44.6 Å². The van der Waals surface area contributed by atoms with Crippen molar-refractivity contribution in [2.24, 2.45) is 5.92 Å². The zero-order valence-electron chi connectivity index (χ0n) is 11.9. The summed E-state index contributed by atoms with van der Waals surface area (Å²) < 4.78 is 0. The highest BCUT2D eigenvalue weighted by Crippen LogP contribution is 2.37. The molecule has 3 nitrogen and oxygen atoms in total. The smallest absolute Gasteiger partial charge is 0.254 e. The van der Waals surface area contributed by atoms with E-state index in [4.69, 9.17) is 28.9 Å². The summed E-state index contributed by atoms with van der Waals surface area (Å²) in [7, 11) is 0. The average molecular weight is 327 g/mol. The number of amides is 1. The number of nitrogens with two attached hydrogens (primary N) is 1. The molecule has 5 heteroatoms. The van der Waals surface area contributed by atoms with Crippen molar-refractivity contribution in [1.29, 1.82) is 0 Å². The topological polar surface area (TPSA) is 46.3 Å². The Morgan fingerprint density at radius 3 is 2.33 bits per heavy atom. The van der Waals surface area contributed by atoms with E-state index in [1.807, 2.05) is 4.90 Å². The Morgan fingerprint density at radius 1 is 1.10 bits per heavy atom. The van der Waals surface area contributed by atoms with Crippen LogP contribution in [0.15, 0.2) is 12.1 Å². The number of rotatable bonds is 2. The standard InChI is InChI=1S/C16H20Cl2N2O/c17-12-8-11(9-13(18)15(12)19)16(21)20-7-3-6-14(20)10-4-1-2-5-10/h8-10,14H,1-7,19H2. The zero-order valence-corrected chi connectivity index (χ0v) is 13.5. The number of carbonyl (C=O) groups excluding carboxylic acids is 1. The van der Waals surface area contributed by atoms with Crippen LogP contribution in [0.2, 0.25) is 10.0 Å². The fourth-order valence-corrected chi connectivity index (χ4v) is 4.24. The summed E-state index contributed by atoms with van der Waals surface area (Å²) in [5.41, 5.74) is 6.62. The molecule has 1 saturated carbocycles. The molecule has 1 aromatic rings. The molecule has 1 heterocycles. The summed E-state index contributed by atoms with van der Waals surface area (Å²) in [6.45, 7) is 0.833. The molecule has 1 unspecified atom stereocenters. The van der Waals surface area contributed by atoms with Gasteiger partial charge in [-0.1, -0.05) is 36.0 Å². The van der Waals surface area contributed by atoms with Crippen molar-refractivity contribution < 1.29 is 4.79 Å². The number of benzene rings is 1. The quantitative estimate of drug-likeness (QED) is 0.820. The van der Waals surface area contributed by atoms with Crippen LogP contribution in [0.1, 0.15) is 48.9 Å². The fourth-order valence-electron chi connectivity index (χ4n) is 3.75. The zero-order chi connectivity index (χ0) is 15.0. The Balaban J connectivity index is 1.83. The van der Waals surface area contributed by atoms with Gasteiger partial charge in [-0.25, -0.2) is 0 Å². The molecule has 0 radical (unpaired) electrons. The Hall–Kier alpha value is -0.930. The lowest BCUT2D eigenvalue weighted by Gasteiger charge is -2.29. The molecular formula is C16H20Cl2N2O. The van der Waals surface area contributed by atoms with Crippen LogP contribution in [0, 0.1) is 5.92 Å². The van der Waals surface area contributed by atoms with Crippen molar-refractivity contribution in [3.05, 3.63) is 27.7 Å². The highest BCUT2D eigenvalue weighted by molar-refractivity contribution is 6.39. The maximum Gasteiger partial charge on any atom is 0.254 e. The third-order valence-electron chi connectivity index (χ3n) is 4.83. The first-order chi connectivity index (χ1) is 10.1. The molecular weight excluding hydrogens is 307 g/mol. The lowest BCUT2D eigenvalue weighted by atomic mass is 9.95. The van der Waals surface area contributed by atoms with Crippen LogP contribution in [0.4, 0.5) is 5.69 Å². The maximum absolute atomic E-state index is 12.8. The molecule has 0 bridgehead atoms. The second-order valence-corrected chi connectivity index (χ2v) is 6.92.